The number of carbonyl (C=O) groups excluding carboxylic acids is 2. The van der Waals surface area contributed by atoms with Crippen LogP contribution in [0.25, 0.3) is 0 Å². The van der Waals surface area contributed by atoms with E-state index in [0.29, 0.717) is 11.1 Å². The number of benzene rings is 1. The van der Waals surface area contributed by atoms with E-state index in [1.54, 1.807) is 24.3 Å². The summed E-state index contributed by atoms with van der Waals surface area (Å²) in [6, 6.07) is 6.86. The summed E-state index contributed by atoms with van der Waals surface area (Å²) in [4.78, 5) is 26.2. The van der Waals surface area contributed by atoms with Crippen molar-refractivity contribution >= 4 is 11.8 Å². The van der Waals surface area contributed by atoms with Gasteiger partial charge in [-0.25, -0.2) is 0 Å². The Labute approximate surface area is 112 Å². The SMILES string of the molecule is C#C[C@@H]1CCCC[C@@H]1N1C(=O)c2ccccc2C1=O. The van der Waals surface area contributed by atoms with Gasteiger partial charge in [0.15, 0.2) is 0 Å². The smallest absolute Gasteiger partial charge is 0.261 e. The number of rotatable bonds is 1. The Bertz CT molecular complexity index is 550. The normalized spacial score (nSPS) is 26.2. The Morgan fingerprint density at radius 2 is 1.63 bits per heavy atom. The third-order valence-electron chi connectivity index (χ3n) is 4.10. The molecule has 0 radical (unpaired) electrons. The van der Waals surface area contributed by atoms with Gasteiger partial charge < -0.3 is 0 Å². The molecule has 1 aromatic carbocycles. The van der Waals surface area contributed by atoms with Crippen molar-refractivity contribution in [2.75, 3.05) is 0 Å². The number of imide groups is 1. The fraction of sp³-hybridized carbons (Fsp3) is 0.375. The van der Waals surface area contributed by atoms with Crippen molar-refractivity contribution in [3.63, 3.8) is 0 Å². The molecule has 2 amide bonds. The van der Waals surface area contributed by atoms with Gasteiger partial charge in [-0.1, -0.05) is 25.0 Å². The van der Waals surface area contributed by atoms with Crippen molar-refractivity contribution in [1.29, 1.82) is 0 Å². The Kier molecular flexibility index (Phi) is 2.87. The number of terminal acetylenes is 1. The highest BCUT2D eigenvalue weighted by atomic mass is 16.2. The van der Waals surface area contributed by atoms with Gasteiger partial charge in [0.2, 0.25) is 0 Å². The summed E-state index contributed by atoms with van der Waals surface area (Å²) < 4.78 is 0. The fourth-order valence-corrected chi connectivity index (χ4v) is 3.12. The molecule has 0 unspecified atom stereocenters. The van der Waals surface area contributed by atoms with Crippen LogP contribution in [-0.4, -0.2) is 22.8 Å². The molecule has 0 bridgehead atoms. The molecule has 0 N–H and O–H groups in total. The molecule has 19 heavy (non-hydrogen) atoms. The van der Waals surface area contributed by atoms with Crippen LogP contribution in [0.15, 0.2) is 24.3 Å². The van der Waals surface area contributed by atoms with Gasteiger partial charge in [-0.05, 0) is 25.0 Å². The first-order chi connectivity index (χ1) is 9.24. The highest BCUT2D eigenvalue weighted by Gasteiger charge is 2.42. The molecule has 1 heterocycles. The molecule has 3 heteroatoms. The number of carbonyl (C=O) groups is 2. The minimum Gasteiger partial charge on any atom is -0.270 e. The molecule has 1 aliphatic carbocycles. The predicted octanol–water partition coefficient (Wildman–Crippen LogP) is 2.47. The maximum absolute atomic E-state index is 12.4. The van der Waals surface area contributed by atoms with Crippen LogP contribution in [0.1, 0.15) is 46.4 Å². The molecule has 3 rings (SSSR count). The first-order valence-electron chi connectivity index (χ1n) is 6.67. The van der Waals surface area contributed by atoms with Crippen molar-refractivity contribution in [2.45, 2.75) is 31.7 Å². The van der Waals surface area contributed by atoms with E-state index in [4.69, 9.17) is 6.42 Å². The van der Waals surface area contributed by atoms with Crippen LogP contribution in [-0.2, 0) is 0 Å². The van der Waals surface area contributed by atoms with Crippen LogP contribution >= 0.6 is 0 Å². The van der Waals surface area contributed by atoms with Gasteiger partial charge >= 0.3 is 0 Å². The number of hydrogen-bond acceptors (Lipinski definition) is 2. The van der Waals surface area contributed by atoms with E-state index in [0.717, 1.165) is 25.7 Å². The van der Waals surface area contributed by atoms with Crippen LogP contribution < -0.4 is 0 Å². The zero-order valence-electron chi connectivity index (χ0n) is 10.6. The van der Waals surface area contributed by atoms with Crippen molar-refractivity contribution in [3.8, 4) is 12.3 Å². The standard InChI is InChI=1S/C16H15NO2/c1-2-11-7-3-6-10-14(11)17-15(18)12-8-4-5-9-13(12)16(17)19/h1,4-5,8-9,11,14H,3,6-7,10H2/t11-,14+/m1/s1. The van der Waals surface area contributed by atoms with Gasteiger partial charge in [0.1, 0.15) is 0 Å². The van der Waals surface area contributed by atoms with Crippen LogP contribution in [0, 0.1) is 18.3 Å². The molecule has 2 aliphatic rings. The van der Waals surface area contributed by atoms with Crippen molar-refractivity contribution in [2.24, 2.45) is 5.92 Å². The maximum atomic E-state index is 12.4. The third kappa shape index (κ3) is 1.76. The van der Waals surface area contributed by atoms with Crippen molar-refractivity contribution < 1.29 is 9.59 Å². The average molecular weight is 253 g/mol. The second kappa shape index (κ2) is 4.55. The number of nitrogens with zero attached hydrogens (tertiary/aromatic N) is 1. The molecule has 0 aromatic heterocycles. The molecule has 0 saturated heterocycles. The van der Waals surface area contributed by atoms with E-state index in [9.17, 15) is 9.59 Å². The third-order valence-corrected chi connectivity index (χ3v) is 4.10. The number of fused-ring (bicyclic) bond motifs is 1. The summed E-state index contributed by atoms with van der Waals surface area (Å²) in [5.74, 6) is 2.37. The Morgan fingerprint density at radius 1 is 1.05 bits per heavy atom. The zero-order valence-corrected chi connectivity index (χ0v) is 10.6. The maximum Gasteiger partial charge on any atom is 0.261 e. The minimum absolute atomic E-state index is 0.00374. The van der Waals surface area contributed by atoms with Crippen molar-refractivity contribution in [3.05, 3.63) is 35.4 Å². The van der Waals surface area contributed by atoms with Crippen molar-refractivity contribution in [1.82, 2.24) is 4.90 Å². The van der Waals surface area contributed by atoms with Crippen LogP contribution in [0.3, 0.4) is 0 Å². The van der Waals surface area contributed by atoms with E-state index in [1.165, 1.54) is 4.90 Å². The fourth-order valence-electron chi connectivity index (χ4n) is 3.12. The van der Waals surface area contributed by atoms with Gasteiger partial charge in [-0.2, -0.15) is 0 Å². The molecule has 96 valence electrons. The van der Waals surface area contributed by atoms with E-state index < -0.39 is 0 Å². The quantitative estimate of drug-likeness (QED) is 0.569. The van der Waals surface area contributed by atoms with E-state index >= 15 is 0 Å². The highest BCUT2D eigenvalue weighted by molar-refractivity contribution is 6.21. The lowest BCUT2D eigenvalue weighted by Crippen LogP contribution is -2.45. The number of hydrogen-bond donors (Lipinski definition) is 0. The molecule has 2 atom stereocenters. The lowest BCUT2D eigenvalue weighted by Gasteiger charge is -2.34. The second-order valence-electron chi connectivity index (χ2n) is 5.15. The summed E-state index contributed by atoms with van der Waals surface area (Å²) in [5.41, 5.74) is 1.02. The van der Waals surface area contributed by atoms with Crippen LogP contribution in [0.5, 0.6) is 0 Å². The van der Waals surface area contributed by atoms with E-state index in [2.05, 4.69) is 5.92 Å². The minimum atomic E-state index is -0.187. The molecular weight excluding hydrogens is 238 g/mol. The van der Waals surface area contributed by atoms with Gasteiger partial charge in [0.05, 0.1) is 17.2 Å². The molecule has 1 aromatic rings. The summed E-state index contributed by atoms with van der Waals surface area (Å²) in [5, 5.41) is 0. The monoisotopic (exact) mass is 253 g/mol. The Balaban J connectivity index is 1.97. The lowest BCUT2D eigenvalue weighted by molar-refractivity contribution is 0.0511. The molecular formula is C16H15NO2. The van der Waals surface area contributed by atoms with Gasteiger partial charge in [0, 0.05) is 5.92 Å². The van der Waals surface area contributed by atoms with Gasteiger partial charge in [-0.3, -0.25) is 14.5 Å². The van der Waals surface area contributed by atoms with Crippen LogP contribution in [0.4, 0.5) is 0 Å². The molecule has 3 nitrogen and oxygen atoms in total. The summed E-state index contributed by atoms with van der Waals surface area (Å²) in [7, 11) is 0. The predicted molar refractivity (Wildman–Crippen MR) is 71.5 cm³/mol. The highest BCUT2D eigenvalue weighted by Crippen LogP contribution is 2.33. The van der Waals surface area contributed by atoms with Gasteiger partial charge in [-0.15, -0.1) is 12.3 Å². The zero-order chi connectivity index (χ0) is 13.4. The number of amides is 2. The topological polar surface area (TPSA) is 37.4 Å². The molecule has 1 fully saturated rings. The molecule has 1 aliphatic heterocycles. The average Bonchev–Trinajstić information content (AvgIpc) is 2.71. The largest absolute Gasteiger partial charge is 0.270 e. The summed E-state index contributed by atoms with van der Waals surface area (Å²) >= 11 is 0. The van der Waals surface area contributed by atoms with E-state index in [-0.39, 0.29) is 23.8 Å². The summed E-state index contributed by atoms with van der Waals surface area (Å²) in [6.45, 7) is 0. The van der Waals surface area contributed by atoms with Gasteiger partial charge in [0.25, 0.3) is 11.8 Å². The second-order valence-corrected chi connectivity index (χ2v) is 5.15. The van der Waals surface area contributed by atoms with Crippen LogP contribution in [0.2, 0.25) is 0 Å². The first-order valence-corrected chi connectivity index (χ1v) is 6.67. The Morgan fingerprint density at radius 3 is 2.21 bits per heavy atom. The lowest BCUT2D eigenvalue weighted by atomic mass is 9.84. The van der Waals surface area contributed by atoms with E-state index in [1.807, 2.05) is 0 Å². The summed E-state index contributed by atoms with van der Waals surface area (Å²) in [6.07, 6.45) is 9.38. The first kappa shape index (κ1) is 12.0. The molecule has 1 saturated carbocycles. The molecule has 0 spiro atoms. The Hall–Kier alpha value is -2.08.